The number of furan rings is 2. The maximum Gasteiger partial charge on any atom is 0.137 e. The lowest BCUT2D eigenvalue weighted by Crippen LogP contribution is -2.17. The summed E-state index contributed by atoms with van der Waals surface area (Å²) < 4.78 is 13.4. The molecule has 0 aliphatic heterocycles. The number of hydrogen-bond donors (Lipinski definition) is 0. The van der Waals surface area contributed by atoms with Gasteiger partial charge in [-0.15, -0.1) is 0 Å². The van der Waals surface area contributed by atoms with E-state index in [1.165, 1.54) is 22.3 Å². The van der Waals surface area contributed by atoms with Gasteiger partial charge in [0.25, 0.3) is 0 Å². The van der Waals surface area contributed by atoms with Gasteiger partial charge in [-0.05, 0) is 117 Å². The van der Waals surface area contributed by atoms with Crippen LogP contribution in [0.3, 0.4) is 0 Å². The Morgan fingerprint density at radius 3 is 0.973 bits per heavy atom. The Morgan fingerprint density at radius 2 is 0.581 bits per heavy atom. The minimum atomic E-state index is -0.148. The van der Waals surface area contributed by atoms with Gasteiger partial charge in [-0.3, -0.25) is 0 Å². The molecule has 2 heterocycles. The first-order valence-corrected chi connectivity index (χ1v) is 25.7. The summed E-state index contributed by atoms with van der Waals surface area (Å²) in [7, 11) is 0. The zero-order valence-corrected chi connectivity index (χ0v) is 42.7. The summed E-state index contributed by atoms with van der Waals surface area (Å²) >= 11 is 0. The SMILES string of the molecule is CC(C)(C)c1ccc2c(N(c3ccc(-c4ccccc4)cc3)c3ccc4c(c3)oc3ccccc34)c3cc(C(C)(C)C)ccc3c(N(c3ccc(-c4ccccc4)cc3)c3ccc4c(c3)oc3ccccc34)c2c1. The van der Waals surface area contributed by atoms with Gasteiger partial charge < -0.3 is 18.6 Å². The second-order valence-electron chi connectivity index (χ2n) is 21.8. The van der Waals surface area contributed by atoms with Crippen molar-refractivity contribution in [3.05, 3.63) is 242 Å². The van der Waals surface area contributed by atoms with E-state index in [0.29, 0.717) is 0 Å². The Balaban J connectivity index is 1.15. The van der Waals surface area contributed by atoms with Gasteiger partial charge in [-0.25, -0.2) is 0 Å². The third kappa shape index (κ3) is 7.77. The Kier molecular flexibility index (Phi) is 10.6. The summed E-state index contributed by atoms with van der Waals surface area (Å²) in [6.07, 6.45) is 0. The topological polar surface area (TPSA) is 32.8 Å². The number of hydrogen-bond acceptors (Lipinski definition) is 4. The van der Waals surface area contributed by atoms with Crippen LogP contribution in [0.5, 0.6) is 0 Å². The molecule has 0 bridgehead atoms. The highest BCUT2D eigenvalue weighted by atomic mass is 16.3. The van der Waals surface area contributed by atoms with Crippen molar-refractivity contribution in [3.8, 4) is 22.3 Å². The van der Waals surface area contributed by atoms with Gasteiger partial charge in [0.05, 0.1) is 11.4 Å². The second-order valence-corrected chi connectivity index (χ2v) is 21.8. The summed E-state index contributed by atoms with van der Waals surface area (Å²) in [5, 5.41) is 8.92. The van der Waals surface area contributed by atoms with Crippen LogP contribution in [-0.4, -0.2) is 0 Å². The van der Waals surface area contributed by atoms with Crippen LogP contribution >= 0.6 is 0 Å². The molecule has 0 amide bonds. The molecule has 0 saturated carbocycles. The van der Waals surface area contributed by atoms with E-state index in [4.69, 9.17) is 8.83 Å². The van der Waals surface area contributed by atoms with Crippen LogP contribution in [0, 0.1) is 0 Å². The number of fused-ring (bicyclic) bond motifs is 8. The van der Waals surface area contributed by atoms with E-state index in [0.717, 1.165) is 111 Å². The van der Waals surface area contributed by atoms with Crippen molar-refractivity contribution in [2.75, 3.05) is 9.80 Å². The molecular weight excluding hydrogens is 901 g/mol. The average Bonchev–Trinajstić information content (AvgIpc) is 4.00. The quantitative estimate of drug-likeness (QED) is 0.112. The molecule has 0 fully saturated rings. The van der Waals surface area contributed by atoms with Gasteiger partial charge in [0.15, 0.2) is 0 Å². The number of benzene rings is 11. The van der Waals surface area contributed by atoms with Crippen molar-refractivity contribution >= 4 is 99.5 Å². The molecule has 13 rings (SSSR count). The molecule has 0 atom stereocenters. The van der Waals surface area contributed by atoms with Crippen LogP contribution in [0.25, 0.3) is 87.7 Å². The molecule has 4 nitrogen and oxygen atoms in total. The predicted molar refractivity (Wildman–Crippen MR) is 314 cm³/mol. The van der Waals surface area contributed by atoms with Gasteiger partial charge in [-0.2, -0.15) is 0 Å². The molecule has 74 heavy (non-hydrogen) atoms. The van der Waals surface area contributed by atoms with Gasteiger partial charge in [-0.1, -0.05) is 187 Å². The second kappa shape index (κ2) is 17.4. The van der Waals surface area contributed by atoms with E-state index >= 15 is 0 Å². The molecule has 0 N–H and O–H groups in total. The number of para-hydroxylation sites is 2. The fourth-order valence-corrected chi connectivity index (χ4v) is 11.0. The molecule has 11 aromatic carbocycles. The third-order valence-corrected chi connectivity index (χ3v) is 14.9. The Morgan fingerprint density at radius 1 is 0.257 bits per heavy atom. The van der Waals surface area contributed by atoms with E-state index in [1.54, 1.807) is 0 Å². The lowest BCUT2D eigenvalue weighted by molar-refractivity contribution is 0.590. The summed E-state index contributed by atoms with van der Waals surface area (Å²) in [6, 6.07) is 83.8. The fourth-order valence-electron chi connectivity index (χ4n) is 11.0. The van der Waals surface area contributed by atoms with Crippen molar-refractivity contribution in [2.24, 2.45) is 0 Å². The van der Waals surface area contributed by atoms with Crippen molar-refractivity contribution in [2.45, 2.75) is 52.4 Å². The first-order valence-electron chi connectivity index (χ1n) is 25.7. The lowest BCUT2D eigenvalue weighted by Gasteiger charge is -2.34. The fraction of sp³-hybridized carbons (Fsp3) is 0.114. The smallest absolute Gasteiger partial charge is 0.137 e. The molecule has 4 heteroatoms. The molecular formula is C70H56N2O2. The first-order chi connectivity index (χ1) is 35.9. The highest BCUT2D eigenvalue weighted by Crippen LogP contribution is 2.53. The molecule has 0 saturated heterocycles. The van der Waals surface area contributed by atoms with Crippen LogP contribution in [0.15, 0.2) is 239 Å². The lowest BCUT2D eigenvalue weighted by atomic mass is 9.82. The Hall–Kier alpha value is -8.86. The van der Waals surface area contributed by atoms with Crippen LogP contribution in [0.4, 0.5) is 34.1 Å². The van der Waals surface area contributed by atoms with Crippen LogP contribution in [0.1, 0.15) is 52.7 Å². The third-order valence-electron chi connectivity index (χ3n) is 14.9. The summed E-state index contributed by atoms with van der Waals surface area (Å²) in [5.41, 5.74) is 16.6. The molecule has 13 aromatic rings. The van der Waals surface area contributed by atoms with Gasteiger partial charge >= 0.3 is 0 Å². The summed E-state index contributed by atoms with van der Waals surface area (Å²) in [5.74, 6) is 0. The maximum atomic E-state index is 6.68. The van der Waals surface area contributed by atoms with E-state index in [9.17, 15) is 0 Å². The molecule has 0 radical (unpaired) electrons. The van der Waals surface area contributed by atoms with Crippen molar-refractivity contribution < 1.29 is 8.83 Å². The zero-order valence-electron chi connectivity index (χ0n) is 42.7. The number of anilines is 6. The molecule has 0 unspecified atom stereocenters. The van der Waals surface area contributed by atoms with Crippen molar-refractivity contribution in [1.82, 2.24) is 0 Å². The van der Waals surface area contributed by atoms with E-state index in [1.807, 2.05) is 12.1 Å². The van der Waals surface area contributed by atoms with Crippen LogP contribution in [0.2, 0.25) is 0 Å². The van der Waals surface area contributed by atoms with Gasteiger partial charge in [0.2, 0.25) is 0 Å². The Bertz CT molecular complexity index is 3970. The minimum Gasteiger partial charge on any atom is -0.456 e. The predicted octanol–water partition coefficient (Wildman–Crippen LogP) is 20.7. The van der Waals surface area contributed by atoms with E-state index < -0.39 is 0 Å². The summed E-state index contributed by atoms with van der Waals surface area (Å²) in [4.78, 5) is 4.94. The van der Waals surface area contributed by atoms with Crippen molar-refractivity contribution in [3.63, 3.8) is 0 Å². The maximum absolute atomic E-state index is 6.68. The first kappa shape index (κ1) is 45.0. The molecule has 0 spiro atoms. The number of nitrogens with zero attached hydrogens (tertiary/aromatic N) is 2. The monoisotopic (exact) mass is 956 g/mol. The molecule has 0 aliphatic carbocycles. The van der Waals surface area contributed by atoms with E-state index in [2.05, 4.69) is 270 Å². The van der Waals surface area contributed by atoms with Gasteiger partial charge in [0.1, 0.15) is 22.3 Å². The highest BCUT2D eigenvalue weighted by molar-refractivity contribution is 6.24. The molecule has 0 aliphatic rings. The largest absolute Gasteiger partial charge is 0.456 e. The molecule has 2 aromatic heterocycles. The van der Waals surface area contributed by atoms with Crippen LogP contribution in [-0.2, 0) is 10.8 Å². The van der Waals surface area contributed by atoms with Crippen LogP contribution < -0.4 is 9.80 Å². The minimum absolute atomic E-state index is 0.148. The zero-order chi connectivity index (χ0) is 50.3. The summed E-state index contributed by atoms with van der Waals surface area (Å²) in [6.45, 7) is 13.9. The Labute approximate surface area is 432 Å². The van der Waals surface area contributed by atoms with Crippen molar-refractivity contribution in [1.29, 1.82) is 0 Å². The molecule has 358 valence electrons. The van der Waals surface area contributed by atoms with E-state index in [-0.39, 0.29) is 10.8 Å². The normalized spacial score (nSPS) is 12.2. The average molecular weight is 957 g/mol. The number of rotatable bonds is 8. The highest BCUT2D eigenvalue weighted by Gasteiger charge is 2.29. The van der Waals surface area contributed by atoms with Gasteiger partial charge in [0, 0.05) is 78.0 Å². The standard InChI is InChI=1S/C70H56N2O2/c1-69(2,3)49-29-37-59-61(41-49)67(71(51-31-25-47(26-32-51)45-17-9-7-10-18-45)53-35-39-57-55-21-13-15-23-63(55)73-65(57)43-53)60-38-30-50(70(4,5)6)42-62(60)68(59)72(52-33-27-48(28-34-52)46-19-11-8-12-20-46)54-36-40-58-56-22-14-16-24-64(56)74-66(58)44-54/h7-44H,1-6H3.